The SMILES string of the molecule is CN(C)C(=O)O/N=C/c1ccccn1. The maximum atomic E-state index is 10.9. The van der Waals surface area contributed by atoms with Gasteiger partial charge in [-0.1, -0.05) is 11.2 Å². The maximum Gasteiger partial charge on any atom is 0.435 e. The normalized spacial score (nSPS) is 10.1. The summed E-state index contributed by atoms with van der Waals surface area (Å²) in [5, 5.41) is 3.48. The zero-order chi connectivity index (χ0) is 10.4. The van der Waals surface area contributed by atoms with Gasteiger partial charge in [-0.25, -0.2) is 4.79 Å². The molecule has 1 aromatic heterocycles. The summed E-state index contributed by atoms with van der Waals surface area (Å²) in [6.07, 6.45) is 2.49. The van der Waals surface area contributed by atoms with Crippen LogP contribution in [0.2, 0.25) is 0 Å². The Kier molecular flexibility index (Phi) is 3.60. The van der Waals surface area contributed by atoms with Gasteiger partial charge in [-0.2, -0.15) is 0 Å². The molecule has 5 heteroatoms. The quantitative estimate of drug-likeness (QED) is 0.401. The van der Waals surface area contributed by atoms with Crippen molar-refractivity contribution >= 4 is 12.3 Å². The van der Waals surface area contributed by atoms with Gasteiger partial charge in [-0.05, 0) is 12.1 Å². The second-order valence-corrected chi connectivity index (χ2v) is 2.74. The Hall–Kier alpha value is -1.91. The number of hydrogen-bond donors (Lipinski definition) is 0. The van der Waals surface area contributed by atoms with Crippen molar-refractivity contribution in [1.29, 1.82) is 0 Å². The standard InChI is InChI=1S/C9H11N3O2/c1-12(2)9(13)14-11-7-8-5-3-4-6-10-8/h3-7H,1-2H3/b11-7+. The minimum absolute atomic E-state index is 0.516. The lowest BCUT2D eigenvalue weighted by Gasteiger charge is -2.05. The summed E-state index contributed by atoms with van der Waals surface area (Å²) in [4.78, 5) is 20.7. The van der Waals surface area contributed by atoms with E-state index in [9.17, 15) is 4.79 Å². The fourth-order valence-electron chi connectivity index (χ4n) is 0.659. The third-order valence-corrected chi connectivity index (χ3v) is 1.37. The monoisotopic (exact) mass is 193 g/mol. The summed E-state index contributed by atoms with van der Waals surface area (Å²) < 4.78 is 0. The van der Waals surface area contributed by atoms with Crippen molar-refractivity contribution < 1.29 is 9.63 Å². The maximum absolute atomic E-state index is 10.9. The largest absolute Gasteiger partial charge is 0.435 e. The predicted molar refractivity (Wildman–Crippen MR) is 52.0 cm³/mol. The lowest BCUT2D eigenvalue weighted by atomic mass is 10.4. The molecule has 1 aromatic rings. The second-order valence-electron chi connectivity index (χ2n) is 2.74. The molecule has 0 N–H and O–H groups in total. The van der Waals surface area contributed by atoms with Crippen LogP contribution >= 0.6 is 0 Å². The molecule has 0 bridgehead atoms. The van der Waals surface area contributed by atoms with E-state index in [0.717, 1.165) is 0 Å². The van der Waals surface area contributed by atoms with Crippen LogP contribution in [0, 0.1) is 0 Å². The fourth-order valence-corrected chi connectivity index (χ4v) is 0.659. The predicted octanol–water partition coefficient (Wildman–Crippen LogP) is 1.11. The molecule has 0 aliphatic heterocycles. The summed E-state index contributed by atoms with van der Waals surface area (Å²) in [7, 11) is 3.16. The van der Waals surface area contributed by atoms with Crippen LogP contribution in [-0.4, -0.2) is 36.3 Å². The summed E-state index contributed by atoms with van der Waals surface area (Å²) in [5.74, 6) is 0. The molecule has 0 aliphatic carbocycles. The number of aromatic nitrogens is 1. The van der Waals surface area contributed by atoms with Gasteiger partial charge in [0.25, 0.3) is 0 Å². The molecule has 0 radical (unpaired) electrons. The summed E-state index contributed by atoms with van der Waals surface area (Å²) in [6, 6.07) is 5.37. The number of hydrogen-bond acceptors (Lipinski definition) is 4. The van der Waals surface area contributed by atoms with Gasteiger partial charge in [0.05, 0.1) is 11.9 Å². The van der Waals surface area contributed by atoms with Crippen LogP contribution in [0.3, 0.4) is 0 Å². The average Bonchev–Trinajstić information content (AvgIpc) is 2.19. The van der Waals surface area contributed by atoms with Crippen LogP contribution in [-0.2, 0) is 4.84 Å². The van der Waals surface area contributed by atoms with E-state index in [4.69, 9.17) is 0 Å². The van der Waals surface area contributed by atoms with Gasteiger partial charge >= 0.3 is 6.09 Å². The van der Waals surface area contributed by atoms with Crippen molar-refractivity contribution in [2.75, 3.05) is 14.1 Å². The Morgan fingerprint density at radius 1 is 1.57 bits per heavy atom. The molecule has 74 valence electrons. The van der Waals surface area contributed by atoms with E-state index in [1.165, 1.54) is 11.1 Å². The first-order valence-electron chi connectivity index (χ1n) is 4.03. The van der Waals surface area contributed by atoms with Gasteiger partial charge < -0.3 is 4.90 Å². The minimum atomic E-state index is -0.516. The minimum Gasteiger partial charge on any atom is -0.312 e. The first-order valence-corrected chi connectivity index (χ1v) is 4.03. The fraction of sp³-hybridized carbons (Fsp3) is 0.222. The molecule has 0 saturated carbocycles. The highest BCUT2D eigenvalue weighted by Crippen LogP contribution is 1.90. The van der Waals surface area contributed by atoms with Crippen molar-refractivity contribution in [2.24, 2.45) is 5.16 Å². The summed E-state index contributed by atoms with van der Waals surface area (Å²) in [5.41, 5.74) is 0.638. The number of carbonyl (C=O) groups is 1. The first kappa shape index (κ1) is 10.2. The Balaban J connectivity index is 2.46. The molecule has 0 aliphatic rings. The highest BCUT2D eigenvalue weighted by Gasteiger charge is 2.02. The van der Waals surface area contributed by atoms with Crippen LogP contribution in [0.4, 0.5) is 4.79 Å². The summed E-state index contributed by atoms with van der Waals surface area (Å²) in [6.45, 7) is 0. The van der Waals surface area contributed by atoms with Crippen LogP contribution in [0.15, 0.2) is 29.6 Å². The van der Waals surface area contributed by atoms with E-state index in [0.29, 0.717) is 5.69 Å². The van der Waals surface area contributed by atoms with Crippen molar-refractivity contribution in [2.45, 2.75) is 0 Å². The van der Waals surface area contributed by atoms with Crippen molar-refractivity contribution in [3.8, 4) is 0 Å². The molecule has 1 rings (SSSR count). The molecule has 0 saturated heterocycles. The Morgan fingerprint density at radius 2 is 2.36 bits per heavy atom. The number of rotatable bonds is 2. The number of oxime groups is 1. The van der Waals surface area contributed by atoms with Crippen molar-refractivity contribution in [3.05, 3.63) is 30.1 Å². The van der Waals surface area contributed by atoms with Gasteiger partial charge in [0.1, 0.15) is 0 Å². The Morgan fingerprint density at radius 3 is 2.93 bits per heavy atom. The molecule has 1 amide bonds. The molecule has 0 aromatic carbocycles. The first-order chi connectivity index (χ1) is 6.70. The van der Waals surface area contributed by atoms with Gasteiger partial charge in [-0.15, -0.1) is 0 Å². The number of pyridine rings is 1. The molecule has 0 atom stereocenters. The molecular formula is C9H11N3O2. The number of carbonyl (C=O) groups excluding carboxylic acids is 1. The zero-order valence-corrected chi connectivity index (χ0v) is 8.04. The average molecular weight is 193 g/mol. The molecular weight excluding hydrogens is 182 g/mol. The van der Waals surface area contributed by atoms with Gasteiger partial charge in [-0.3, -0.25) is 9.82 Å². The zero-order valence-electron chi connectivity index (χ0n) is 8.04. The molecule has 0 fully saturated rings. The number of amides is 1. The lowest BCUT2D eigenvalue weighted by Crippen LogP contribution is -2.20. The van der Waals surface area contributed by atoms with Gasteiger partial charge in [0.2, 0.25) is 0 Å². The third-order valence-electron chi connectivity index (χ3n) is 1.37. The van der Waals surface area contributed by atoms with Crippen LogP contribution < -0.4 is 0 Å². The molecule has 14 heavy (non-hydrogen) atoms. The van der Waals surface area contributed by atoms with Crippen LogP contribution in [0.25, 0.3) is 0 Å². The van der Waals surface area contributed by atoms with E-state index in [1.807, 2.05) is 6.07 Å². The van der Waals surface area contributed by atoms with Gasteiger partial charge in [0, 0.05) is 20.3 Å². The van der Waals surface area contributed by atoms with E-state index in [1.54, 1.807) is 32.4 Å². The smallest absolute Gasteiger partial charge is 0.312 e. The van der Waals surface area contributed by atoms with E-state index in [2.05, 4.69) is 15.0 Å². The number of nitrogens with zero attached hydrogens (tertiary/aromatic N) is 3. The van der Waals surface area contributed by atoms with Crippen LogP contribution in [0.5, 0.6) is 0 Å². The topological polar surface area (TPSA) is 54.8 Å². The van der Waals surface area contributed by atoms with E-state index >= 15 is 0 Å². The Bertz CT molecular complexity index is 322. The van der Waals surface area contributed by atoms with E-state index < -0.39 is 6.09 Å². The molecule has 0 spiro atoms. The van der Waals surface area contributed by atoms with Crippen molar-refractivity contribution in [3.63, 3.8) is 0 Å². The second kappa shape index (κ2) is 4.96. The van der Waals surface area contributed by atoms with Gasteiger partial charge in [0.15, 0.2) is 0 Å². The highest BCUT2D eigenvalue weighted by molar-refractivity contribution is 5.77. The molecule has 1 heterocycles. The van der Waals surface area contributed by atoms with Crippen LogP contribution in [0.1, 0.15) is 5.69 Å². The van der Waals surface area contributed by atoms with E-state index in [-0.39, 0.29) is 0 Å². The third kappa shape index (κ3) is 3.22. The lowest BCUT2D eigenvalue weighted by molar-refractivity contribution is 0.123. The molecule has 0 unspecified atom stereocenters. The summed E-state index contributed by atoms with van der Waals surface area (Å²) >= 11 is 0. The molecule has 5 nitrogen and oxygen atoms in total. The van der Waals surface area contributed by atoms with Crippen molar-refractivity contribution in [1.82, 2.24) is 9.88 Å². The highest BCUT2D eigenvalue weighted by atomic mass is 16.7. The Labute approximate surface area is 82.0 Å².